The molecule has 0 unspecified atom stereocenters. The van der Waals surface area contributed by atoms with Crippen LogP contribution >= 0.6 is 0 Å². The lowest BCUT2D eigenvalue weighted by Crippen LogP contribution is -2.09. The second kappa shape index (κ2) is 8.46. The van der Waals surface area contributed by atoms with E-state index in [9.17, 15) is 8.42 Å². The summed E-state index contributed by atoms with van der Waals surface area (Å²) in [7, 11) is -2.30. The third-order valence-electron chi connectivity index (χ3n) is 5.90. The number of hydrogen-bond acceptors (Lipinski definition) is 6. The molecule has 0 aliphatic rings. The van der Waals surface area contributed by atoms with Crippen LogP contribution < -0.4 is 10.5 Å². The van der Waals surface area contributed by atoms with Gasteiger partial charge in [-0.2, -0.15) is 0 Å². The zero-order valence-corrected chi connectivity index (χ0v) is 19.7. The van der Waals surface area contributed by atoms with Crippen molar-refractivity contribution in [2.75, 3.05) is 12.8 Å². The van der Waals surface area contributed by atoms with Crippen LogP contribution in [-0.4, -0.2) is 30.1 Å². The minimum absolute atomic E-state index is 0.00100. The number of hydrogen-bond donors (Lipinski definition) is 1. The van der Waals surface area contributed by atoms with Gasteiger partial charge in [-0.3, -0.25) is 0 Å². The van der Waals surface area contributed by atoms with Crippen LogP contribution in [0.2, 0.25) is 0 Å². The molecule has 0 saturated carbocycles. The second-order valence-electron chi connectivity index (χ2n) is 8.17. The van der Waals surface area contributed by atoms with Gasteiger partial charge in [0.2, 0.25) is 9.84 Å². The fraction of sp³-hybridized carbons (Fsp3) is 0.154. The molecule has 2 aromatic heterocycles. The van der Waals surface area contributed by atoms with E-state index in [0.717, 1.165) is 16.9 Å². The van der Waals surface area contributed by atoms with Gasteiger partial charge in [-0.25, -0.2) is 18.4 Å². The van der Waals surface area contributed by atoms with Crippen molar-refractivity contribution in [2.45, 2.75) is 29.7 Å². The fourth-order valence-corrected chi connectivity index (χ4v) is 5.73. The Hall–Kier alpha value is -3.91. The predicted octanol–water partition coefficient (Wildman–Crippen LogP) is 4.56. The molecule has 8 heteroatoms. The standard InChI is InChI=1S/C26H24N4O3S/c1-17-6-5-7-20(16-17)34(31,32)24-23-26(29-22-9-4-3-8-21(22)28-23)30(25(24)27)15-14-18-10-12-19(33-2)13-11-18/h3-13,16H,14-15,27H2,1-2H3. The summed E-state index contributed by atoms with van der Waals surface area (Å²) in [6, 6.07) is 21.9. The van der Waals surface area contributed by atoms with E-state index in [1.165, 1.54) is 0 Å². The molecular weight excluding hydrogens is 448 g/mol. The Balaban J connectivity index is 1.69. The molecule has 0 atom stereocenters. The van der Waals surface area contributed by atoms with Gasteiger partial charge in [-0.15, -0.1) is 0 Å². The number of aryl methyl sites for hydroxylation is 3. The maximum Gasteiger partial charge on any atom is 0.212 e. The summed E-state index contributed by atoms with van der Waals surface area (Å²) in [6.45, 7) is 2.30. The maximum absolute atomic E-state index is 13.7. The highest BCUT2D eigenvalue weighted by Crippen LogP contribution is 2.35. The third-order valence-corrected chi connectivity index (χ3v) is 7.71. The van der Waals surface area contributed by atoms with Crippen molar-refractivity contribution in [3.05, 3.63) is 83.9 Å². The number of nitrogens with two attached hydrogens (primary N) is 1. The van der Waals surface area contributed by atoms with Crippen molar-refractivity contribution >= 4 is 37.9 Å². The van der Waals surface area contributed by atoms with Crippen molar-refractivity contribution in [1.82, 2.24) is 14.5 Å². The summed E-state index contributed by atoms with van der Waals surface area (Å²) in [5, 5.41) is 0. The van der Waals surface area contributed by atoms with Crippen LogP contribution in [0.4, 0.5) is 5.82 Å². The Morgan fingerprint density at radius 1 is 0.941 bits per heavy atom. The van der Waals surface area contributed by atoms with E-state index in [0.29, 0.717) is 29.6 Å². The van der Waals surface area contributed by atoms with Gasteiger partial charge in [0.05, 0.1) is 23.0 Å². The summed E-state index contributed by atoms with van der Waals surface area (Å²) < 4.78 is 34.5. The molecule has 0 amide bonds. The molecule has 5 rings (SSSR count). The number of nitrogen functional groups attached to an aromatic ring is 1. The van der Waals surface area contributed by atoms with E-state index in [1.807, 2.05) is 61.5 Å². The highest BCUT2D eigenvalue weighted by molar-refractivity contribution is 7.92. The van der Waals surface area contributed by atoms with Crippen LogP contribution in [0.15, 0.2) is 82.6 Å². The molecule has 0 aliphatic carbocycles. The SMILES string of the molecule is COc1ccc(CCn2c(N)c(S(=O)(=O)c3cccc(C)c3)c3nc4ccccc4nc32)cc1. The quantitative estimate of drug-likeness (QED) is 0.389. The minimum atomic E-state index is -3.92. The van der Waals surface area contributed by atoms with Gasteiger partial charge in [0, 0.05) is 6.54 Å². The first-order valence-electron chi connectivity index (χ1n) is 10.9. The molecule has 0 fully saturated rings. The Bertz CT molecular complexity index is 1620. The second-order valence-corrected chi connectivity index (χ2v) is 10.1. The van der Waals surface area contributed by atoms with Gasteiger partial charge in [0.15, 0.2) is 5.65 Å². The highest BCUT2D eigenvalue weighted by atomic mass is 32.2. The smallest absolute Gasteiger partial charge is 0.212 e. The topological polar surface area (TPSA) is 100 Å². The van der Waals surface area contributed by atoms with E-state index in [4.69, 9.17) is 20.4 Å². The fourth-order valence-electron chi connectivity index (χ4n) is 4.11. The Morgan fingerprint density at radius 2 is 1.65 bits per heavy atom. The van der Waals surface area contributed by atoms with Gasteiger partial charge in [-0.1, -0.05) is 36.4 Å². The van der Waals surface area contributed by atoms with E-state index < -0.39 is 9.84 Å². The summed E-state index contributed by atoms with van der Waals surface area (Å²) >= 11 is 0. The number of ether oxygens (including phenoxy) is 1. The number of nitrogens with zero attached hydrogens (tertiary/aromatic N) is 3. The molecule has 5 aromatic rings. The number of anilines is 1. The van der Waals surface area contributed by atoms with Crippen LogP contribution in [-0.2, 0) is 22.8 Å². The van der Waals surface area contributed by atoms with E-state index in [-0.39, 0.29) is 21.1 Å². The molecule has 0 radical (unpaired) electrons. The number of para-hydroxylation sites is 2. The summed E-state index contributed by atoms with van der Waals surface area (Å²) in [5.41, 5.74) is 10.5. The van der Waals surface area contributed by atoms with Crippen molar-refractivity contribution in [2.24, 2.45) is 0 Å². The summed E-state index contributed by atoms with van der Waals surface area (Å²) in [5.74, 6) is 0.916. The van der Waals surface area contributed by atoms with Gasteiger partial charge in [-0.05, 0) is 60.9 Å². The molecule has 2 heterocycles. The van der Waals surface area contributed by atoms with Gasteiger partial charge >= 0.3 is 0 Å². The van der Waals surface area contributed by atoms with E-state index in [1.54, 1.807) is 29.9 Å². The largest absolute Gasteiger partial charge is 0.497 e. The number of benzene rings is 3. The Labute approximate surface area is 197 Å². The normalized spacial score (nSPS) is 11.8. The zero-order chi connectivity index (χ0) is 23.9. The molecule has 0 aliphatic heterocycles. The first-order valence-corrected chi connectivity index (χ1v) is 12.4. The summed E-state index contributed by atoms with van der Waals surface area (Å²) in [4.78, 5) is 9.64. The average molecular weight is 473 g/mol. The molecule has 172 valence electrons. The molecule has 0 saturated heterocycles. The number of rotatable bonds is 6. The Kier molecular flexibility index (Phi) is 5.45. The molecular formula is C26H24N4O3S. The summed E-state index contributed by atoms with van der Waals surface area (Å²) in [6.07, 6.45) is 0.635. The first-order chi connectivity index (χ1) is 16.4. The average Bonchev–Trinajstić information content (AvgIpc) is 3.12. The minimum Gasteiger partial charge on any atom is -0.497 e. The number of sulfone groups is 1. The van der Waals surface area contributed by atoms with Crippen molar-refractivity contribution < 1.29 is 13.2 Å². The predicted molar refractivity (Wildman–Crippen MR) is 133 cm³/mol. The molecule has 0 bridgehead atoms. The van der Waals surface area contributed by atoms with Crippen LogP contribution in [0, 0.1) is 6.92 Å². The molecule has 7 nitrogen and oxygen atoms in total. The first kappa shape index (κ1) is 21.9. The van der Waals surface area contributed by atoms with Crippen LogP contribution in [0.25, 0.3) is 22.2 Å². The monoisotopic (exact) mass is 472 g/mol. The van der Waals surface area contributed by atoms with Crippen LogP contribution in [0.3, 0.4) is 0 Å². The molecule has 0 spiro atoms. The number of fused-ring (bicyclic) bond motifs is 2. The molecule has 3 aromatic carbocycles. The van der Waals surface area contributed by atoms with Gasteiger partial charge in [0.1, 0.15) is 22.0 Å². The van der Waals surface area contributed by atoms with E-state index >= 15 is 0 Å². The lowest BCUT2D eigenvalue weighted by atomic mass is 10.1. The number of aromatic nitrogens is 3. The lowest BCUT2D eigenvalue weighted by molar-refractivity contribution is 0.414. The highest BCUT2D eigenvalue weighted by Gasteiger charge is 2.30. The Morgan fingerprint density at radius 3 is 2.32 bits per heavy atom. The lowest BCUT2D eigenvalue weighted by Gasteiger charge is -2.09. The zero-order valence-electron chi connectivity index (χ0n) is 18.9. The van der Waals surface area contributed by atoms with E-state index in [2.05, 4.69) is 0 Å². The molecule has 2 N–H and O–H groups in total. The van der Waals surface area contributed by atoms with Crippen molar-refractivity contribution in [1.29, 1.82) is 0 Å². The van der Waals surface area contributed by atoms with Crippen molar-refractivity contribution in [3.63, 3.8) is 0 Å². The van der Waals surface area contributed by atoms with Gasteiger partial charge < -0.3 is 15.0 Å². The number of methoxy groups -OCH3 is 1. The van der Waals surface area contributed by atoms with Crippen LogP contribution in [0.5, 0.6) is 5.75 Å². The van der Waals surface area contributed by atoms with Crippen LogP contribution in [0.1, 0.15) is 11.1 Å². The third kappa shape index (κ3) is 3.76. The molecule has 34 heavy (non-hydrogen) atoms. The van der Waals surface area contributed by atoms with Crippen molar-refractivity contribution in [3.8, 4) is 5.75 Å². The maximum atomic E-state index is 13.7. The van der Waals surface area contributed by atoms with Gasteiger partial charge in [0.25, 0.3) is 0 Å².